The van der Waals surface area contributed by atoms with E-state index in [2.05, 4.69) is 6.58 Å². The maximum atomic E-state index is 5.97. The Labute approximate surface area is 102 Å². The van der Waals surface area contributed by atoms with E-state index in [1.165, 1.54) is 23.9 Å². The molecule has 1 aliphatic rings. The molecule has 0 aromatic heterocycles. The summed E-state index contributed by atoms with van der Waals surface area (Å²) in [4.78, 5) is 4.85. The van der Waals surface area contributed by atoms with E-state index < -0.39 is 0 Å². The molecule has 0 atom stereocenters. The Morgan fingerprint density at radius 3 is 2.75 bits per heavy atom. The van der Waals surface area contributed by atoms with Crippen molar-refractivity contribution in [2.24, 2.45) is 0 Å². The van der Waals surface area contributed by atoms with Crippen molar-refractivity contribution in [2.45, 2.75) is 25.7 Å². The number of ether oxygens (including phenoxy) is 1. The second-order valence-corrected chi connectivity index (χ2v) is 4.09. The van der Waals surface area contributed by atoms with Gasteiger partial charge in [0, 0.05) is 0 Å². The standard InChI is InChI=1S/C12H18ClNO2/c1-3-8-16-11(9-12(13)14-15-2)10-6-4-5-7-10/h3,9,14H,1,4-8H2,2H3/p+1/b12-9-. The van der Waals surface area contributed by atoms with Crippen LogP contribution in [0.15, 0.2) is 35.2 Å². The highest BCUT2D eigenvalue weighted by molar-refractivity contribution is 6.27. The molecule has 0 amide bonds. The first-order valence-electron chi connectivity index (χ1n) is 5.47. The molecule has 3 nitrogen and oxygen atoms in total. The fraction of sp³-hybridized carbons (Fsp3) is 0.500. The molecule has 1 saturated carbocycles. The first-order chi connectivity index (χ1) is 7.77. The molecule has 0 aliphatic heterocycles. The minimum atomic E-state index is 0.506. The molecule has 0 radical (unpaired) electrons. The second kappa shape index (κ2) is 7.49. The fourth-order valence-electron chi connectivity index (χ4n) is 1.71. The van der Waals surface area contributed by atoms with E-state index in [-0.39, 0.29) is 0 Å². The number of quaternary nitrogens is 1. The van der Waals surface area contributed by atoms with Crippen LogP contribution in [0.2, 0.25) is 0 Å². The number of hydrogen-bond donors (Lipinski definition) is 1. The van der Waals surface area contributed by atoms with Gasteiger partial charge in [0.05, 0.1) is 13.2 Å². The third-order valence-electron chi connectivity index (χ3n) is 2.41. The van der Waals surface area contributed by atoms with E-state index in [1.54, 1.807) is 13.2 Å². The van der Waals surface area contributed by atoms with Crippen molar-refractivity contribution < 1.29 is 15.1 Å². The van der Waals surface area contributed by atoms with Gasteiger partial charge in [-0.3, -0.25) is 0 Å². The average molecular weight is 245 g/mol. The third kappa shape index (κ3) is 4.39. The van der Waals surface area contributed by atoms with Crippen molar-refractivity contribution >= 4 is 11.6 Å². The Kier molecular flexibility index (Phi) is 6.23. The zero-order chi connectivity index (χ0) is 11.8. The molecule has 0 aromatic rings. The van der Waals surface area contributed by atoms with Gasteiger partial charge in [-0.05, 0) is 42.9 Å². The summed E-state index contributed by atoms with van der Waals surface area (Å²) in [6.07, 6.45) is 8.21. The van der Waals surface area contributed by atoms with Crippen LogP contribution in [0.5, 0.6) is 0 Å². The van der Waals surface area contributed by atoms with Crippen molar-refractivity contribution in [1.29, 1.82) is 0 Å². The van der Waals surface area contributed by atoms with Crippen LogP contribution in [0.3, 0.4) is 0 Å². The molecule has 1 rings (SSSR count). The SMILES string of the molecule is C=CCOC(/C=C(/Cl)[NH2+]OC)=C1CCCC1. The van der Waals surface area contributed by atoms with Gasteiger partial charge in [0.15, 0.2) is 0 Å². The summed E-state index contributed by atoms with van der Waals surface area (Å²) in [5, 5.41) is 0.543. The molecular weight excluding hydrogens is 226 g/mol. The lowest BCUT2D eigenvalue weighted by molar-refractivity contribution is -0.848. The summed E-state index contributed by atoms with van der Waals surface area (Å²) in [6.45, 7) is 4.15. The predicted molar refractivity (Wildman–Crippen MR) is 64.5 cm³/mol. The largest absolute Gasteiger partial charge is 0.489 e. The number of nitrogens with two attached hydrogens (primary N) is 1. The number of hydroxylamine groups is 1. The van der Waals surface area contributed by atoms with Gasteiger partial charge in [0.1, 0.15) is 12.4 Å². The maximum absolute atomic E-state index is 5.97. The Morgan fingerprint density at radius 2 is 2.19 bits per heavy atom. The molecule has 0 spiro atoms. The van der Waals surface area contributed by atoms with Gasteiger partial charge in [-0.25, -0.2) is 4.84 Å². The van der Waals surface area contributed by atoms with Crippen LogP contribution in [0.25, 0.3) is 0 Å². The zero-order valence-electron chi connectivity index (χ0n) is 9.67. The molecule has 4 heteroatoms. The summed E-state index contributed by atoms with van der Waals surface area (Å²) in [7, 11) is 1.57. The van der Waals surface area contributed by atoms with Crippen molar-refractivity contribution in [3.05, 3.63) is 35.2 Å². The minimum absolute atomic E-state index is 0.506. The Morgan fingerprint density at radius 1 is 1.50 bits per heavy atom. The molecule has 16 heavy (non-hydrogen) atoms. The summed E-state index contributed by atoms with van der Waals surface area (Å²) >= 11 is 5.97. The lowest BCUT2D eigenvalue weighted by Crippen LogP contribution is -2.79. The first kappa shape index (κ1) is 13.3. The smallest absolute Gasteiger partial charge is 0.234 e. The van der Waals surface area contributed by atoms with Gasteiger partial charge in [-0.2, -0.15) is 5.48 Å². The van der Waals surface area contributed by atoms with Gasteiger partial charge in [0.25, 0.3) is 0 Å². The normalized spacial score (nSPS) is 16.4. The van der Waals surface area contributed by atoms with Crippen LogP contribution in [0.1, 0.15) is 25.7 Å². The van der Waals surface area contributed by atoms with E-state index in [0.29, 0.717) is 11.8 Å². The molecule has 2 N–H and O–H groups in total. The fourth-order valence-corrected chi connectivity index (χ4v) is 1.90. The van der Waals surface area contributed by atoms with Gasteiger partial charge in [0.2, 0.25) is 5.16 Å². The van der Waals surface area contributed by atoms with Gasteiger partial charge in [-0.1, -0.05) is 12.7 Å². The molecule has 0 saturated heterocycles. The Balaban J connectivity index is 2.74. The lowest BCUT2D eigenvalue weighted by atomic mass is 10.2. The van der Waals surface area contributed by atoms with Crippen LogP contribution in [0.4, 0.5) is 0 Å². The maximum Gasteiger partial charge on any atom is 0.234 e. The monoisotopic (exact) mass is 244 g/mol. The number of allylic oxidation sites excluding steroid dienone is 2. The number of rotatable bonds is 6. The van der Waals surface area contributed by atoms with E-state index in [1.807, 2.05) is 6.08 Å². The molecule has 1 aliphatic carbocycles. The first-order valence-corrected chi connectivity index (χ1v) is 5.84. The van der Waals surface area contributed by atoms with Crippen molar-refractivity contribution in [3.63, 3.8) is 0 Å². The van der Waals surface area contributed by atoms with Crippen molar-refractivity contribution in [2.75, 3.05) is 13.7 Å². The lowest BCUT2D eigenvalue weighted by Gasteiger charge is -2.08. The molecule has 1 fully saturated rings. The molecule has 0 bridgehead atoms. The quantitative estimate of drug-likeness (QED) is 0.337. The average Bonchev–Trinajstić information content (AvgIpc) is 2.77. The molecule has 0 aromatic carbocycles. The second-order valence-electron chi connectivity index (χ2n) is 3.66. The molecule has 0 heterocycles. The molecule has 0 unspecified atom stereocenters. The summed E-state index contributed by atoms with van der Waals surface area (Å²) in [5.41, 5.74) is 2.83. The van der Waals surface area contributed by atoms with Crippen LogP contribution >= 0.6 is 11.6 Å². The highest BCUT2D eigenvalue weighted by Crippen LogP contribution is 2.28. The molecular formula is C12H19ClNO2+. The highest BCUT2D eigenvalue weighted by atomic mass is 35.5. The molecule has 90 valence electrons. The number of halogens is 1. The zero-order valence-corrected chi connectivity index (χ0v) is 10.4. The van der Waals surface area contributed by atoms with Crippen LogP contribution in [-0.2, 0) is 9.57 Å². The van der Waals surface area contributed by atoms with Crippen molar-refractivity contribution in [3.8, 4) is 0 Å². The van der Waals surface area contributed by atoms with E-state index in [9.17, 15) is 0 Å². The summed E-state index contributed by atoms with van der Waals surface area (Å²) < 4.78 is 5.62. The minimum Gasteiger partial charge on any atom is -0.489 e. The summed E-state index contributed by atoms with van der Waals surface area (Å²) in [5.74, 6) is 0.871. The van der Waals surface area contributed by atoms with Gasteiger partial charge in [-0.15, -0.1) is 0 Å². The van der Waals surface area contributed by atoms with Crippen LogP contribution < -0.4 is 5.48 Å². The highest BCUT2D eigenvalue weighted by Gasteiger charge is 2.13. The third-order valence-corrected chi connectivity index (χ3v) is 2.61. The van der Waals surface area contributed by atoms with E-state index >= 15 is 0 Å². The summed E-state index contributed by atoms with van der Waals surface area (Å²) in [6, 6.07) is 0. The topological polar surface area (TPSA) is 35.1 Å². The van der Waals surface area contributed by atoms with Crippen LogP contribution in [0, 0.1) is 0 Å². The van der Waals surface area contributed by atoms with Crippen LogP contribution in [-0.4, -0.2) is 13.7 Å². The Hall–Kier alpha value is -0.770. The van der Waals surface area contributed by atoms with Gasteiger partial charge >= 0.3 is 0 Å². The van der Waals surface area contributed by atoms with E-state index in [4.69, 9.17) is 21.2 Å². The van der Waals surface area contributed by atoms with E-state index in [0.717, 1.165) is 18.6 Å². The van der Waals surface area contributed by atoms with Gasteiger partial charge < -0.3 is 4.74 Å². The predicted octanol–water partition coefficient (Wildman–Crippen LogP) is 2.22. The van der Waals surface area contributed by atoms with Crippen molar-refractivity contribution in [1.82, 2.24) is 0 Å². The Bertz CT molecular complexity index is 289. The number of hydrogen-bond acceptors (Lipinski definition) is 2.